The molecule has 8 heteroatoms. The van der Waals surface area contributed by atoms with Crippen molar-refractivity contribution in [3.8, 4) is 5.75 Å². The highest BCUT2D eigenvalue weighted by Crippen LogP contribution is 2.18. The number of nitrogens with one attached hydrogen (secondary N) is 1. The van der Waals surface area contributed by atoms with Crippen molar-refractivity contribution in [2.75, 3.05) is 11.9 Å². The second-order valence-electron chi connectivity index (χ2n) is 3.96. The van der Waals surface area contributed by atoms with E-state index in [0.29, 0.717) is 11.4 Å². The summed E-state index contributed by atoms with van der Waals surface area (Å²) in [7, 11) is 0. The number of carbonyl (C=O) groups excluding carboxylic acids is 1. The van der Waals surface area contributed by atoms with E-state index in [9.17, 15) is 4.79 Å². The van der Waals surface area contributed by atoms with Crippen LogP contribution >= 0.6 is 11.6 Å². The molecule has 0 aliphatic rings. The number of benzene rings is 1. The smallest absolute Gasteiger partial charge is 0.291 e. The minimum absolute atomic E-state index is 0.0346. The summed E-state index contributed by atoms with van der Waals surface area (Å²) in [5.74, 6) is 0.183. The van der Waals surface area contributed by atoms with Gasteiger partial charge in [-0.25, -0.2) is 0 Å². The molecule has 0 spiro atoms. The van der Waals surface area contributed by atoms with E-state index in [-0.39, 0.29) is 23.4 Å². The van der Waals surface area contributed by atoms with Crippen molar-refractivity contribution in [2.45, 2.75) is 0 Å². The van der Waals surface area contributed by atoms with Crippen LogP contribution in [0.5, 0.6) is 5.75 Å². The van der Waals surface area contributed by atoms with Gasteiger partial charge in [0, 0.05) is 5.69 Å². The van der Waals surface area contributed by atoms with Crippen molar-refractivity contribution < 1.29 is 19.2 Å². The topological polar surface area (TPSA) is 110 Å². The maximum atomic E-state index is 11.8. The van der Waals surface area contributed by atoms with Crippen LogP contribution in [0.4, 0.5) is 5.69 Å². The molecule has 0 saturated carbocycles. The van der Waals surface area contributed by atoms with Crippen molar-refractivity contribution in [3.63, 3.8) is 0 Å². The Morgan fingerprint density at radius 3 is 2.62 bits per heavy atom. The van der Waals surface area contributed by atoms with Crippen LogP contribution in [-0.2, 0) is 0 Å². The minimum atomic E-state index is -0.410. The molecule has 7 nitrogen and oxygen atoms in total. The van der Waals surface area contributed by atoms with E-state index in [1.807, 2.05) is 0 Å². The maximum Gasteiger partial charge on any atom is 0.291 e. The minimum Gasteiger partial charge on any atom is -0.486 e. The van der Waals surface area contributed by atoms with Crippen LogP contribution < -0.4 is 15.8 Å². The molecule has 0 fully saturated rings. The molecule has 2 rings (SSSR count). The monoisotopic (exact) mass is 309 g/mol. The van der Waals surface area contributed by atoms with Crippen molar-refractivity contribution in [1.29, 1.82) is 0 Å². The van der Waals surface area contributed by atoms with Crippen LogP contribution in [-0.4, -0.2) is 23.6 Å². The second kappa shape index (κ2) is 6.67. The molecule has 1 heterocycles. The van der Waals surface area contributed by atoms with Crippen LogP contribution in [0.25, 0.3) is 0 Å². The lowest BCUT2D eigenvalue weighted by atomic mass is 10.3. The van der Waals surface area contributed by atoms with Gasteiger partial charge in [0.1, 0.15) is 12.4 Å². The van der Waals surface area contributed by atoms with Crippen LogP contribution in [0.3, 0.4) is 0 Å². The average Bonchev–Trinajstić information content (AvgIpc) is 2.93. The molecule has 1 amide bonds. The number of carbonyl (C=O) groups is 1. The van der Waals surface area contributed by atoms with Crippen molar-refractivity contribution in [2.24, 2.45) is 10.9 Å². The van der Waals surface area contributed by atoms with Gasteiger partial charge in [-0.15, -0.1) is 0 Å². The Hall–Kier alpha value is -2.67. The molecule has 0 aliphatic heterocycles. The Kier molecular flexibility index (Phi) is 4.68. The fraction of sp³-hybridized carbons (Fsp3) is 0.0769. The molecule has 2 aromatic rings. The van der Waals surface area contributed by atoms with Crippen molar-refractivity contribution in [3.05, 3.63) is 47.4 Å². The molecule has 110 valence electrons. The lowest BCUT2D eigenvalue weighted by molar-refractivity contribution is 0.0996. The zero-order valence-electron chi connectivity index (χ0n) is 10.7. The van der Waals surface area contributed by atoms with E-state index in [4.69, 9.17) is 31.7 Å². The zero-order valence-corrected chi connectivity index (χ0v) is 11.5. The Labute approximate surface area is 124 Å². The summed E-state index contributed by atoms with van der Waals surface area (Å²) in [5, 5.41) is 14.0. The number of anilines is 1. The van der Waals surface area contributed by atoms with Crippen LogP contribution in [0.1, 0.15) is 10.6 Å². The molecule has 0 saturated heterocycles. The molecule has 0 bridgehead atoms. The molecule has 0 radical (unpaired) electrons. The van der Waals surface area contributed by atoms with Gasteiger partial charge >= 0.3 is 0 Å². The molecule has 1 aromatic heterocycles. The van der Waals surface area contributed by atoms with Crippen LogP contribution in [0, 0.1) is 0 Å². The number of halogens is 1. The number of oxime groups is 1. The second-order valence-corrected chi connectivity index (χ2v) is 4.33. The predicted octanol–water partition coefficient (Wildman–Crippen LogP) is 2.31. The molecule has 0 unspecified atom stereocenters. The van der Waals surface area contributed by atoms with Gasteiger partial charge < -0.3 is 25.4 Å². The first-order chi connectivity index (χ1) is 10.1. The Morgan fingerprint density at radius 1 is 1.33 bits per heavy atom. The molecule has 0 aliphatic carbocycles. The summed E-state index contributed by atoms with van der Waals surface area (Å²) in [5.41, 5.74) is 5.84. The number of nitrogens with two attached hydrogens (primary N) is 1. The quantitative estimate of drug-likeness (QED) is 0.340. The first-order valence-electron chi connectivity index (χ1n) is 5.84. The number of rotatable bonds is 5. The van der Waals surface area contributed by atoms with Crippen molar-refractivity contribution >= 4 is 29.0 Å². The van der Waals surface area contributed by atoms with Gasteiger partial charge in [0.15, 0.2) is 16.8 Å². The first kappa shape index (κ1) is 14.7. The third-order valence-corrected chi connectivity index (χ3v) is 2.63. The average molecular weight is 310 g/mol. The summed E-state index contributed by atoms with van der Waals surface area (Å²) in [6.07, 6.45) is 0. The maximum absolute atomic E-state index is 11.8. The summed E-state index contributed by atoms with van der Waals surface area (Å²) in [6.45, 7) is -0.0346. The SMILES string of the molecule is N/C(COc1ccc(NC(=O)c2ccc(Cl)o2)cc1)=N/O. The Bertz CT molecular complexity index is 652. The van der Waals surface area contributed by atoms with E-state index in [2.05, 4.69) is 10.5 Å². The molecule has 21 heavy (non-hydrogen) atoms. The molecular weight excluding hydrogens is 298 g/mol. The molecule has 4 N–H and O–H groups in total. The van der Waals surface area contributed by atoms with Gasteiger partial charge in [-0.05, 0) is 48.0 Å². The molecule has 1 aromatic carbocycles. The van der Waals surface area contributed by atoms with E-state index < -0.39 is 5.91 Å². The van der Waals surface area contributed by atoms with Gasteiger partial charge in [-0.2, -0.15) is 0 Å². The summed E-state index contributed by atoms with van der Waals surface area (Å²) in [4.78, 5) is 11.8. The number of nitrogens with zero attached hydrogens (tertiary/aromatic N) is 1. The Morgan fingerprint density at radius 2 is 2.05 bits per heavy atom. The van der Waals surface area contributed by atoms with Gasteiger partial charge in [-0.3, -0.25) is 4.79 Å². The van der Waals surface area contributed by atoms with Gasteiger partial charge in [0.25, 0.3) is 5.91 Å². The lowest BCUT2D eigenvalue weighted by Crippen LogP contribution is -2.20. The number of ether oxygens (including phenoxy) is 1. The predicted molar refractivity (Wildman–Crippen MR) is 77.0 cm³/mol. The standard InChI is InChI=1S/C13H12ClN3O4/c14-11-6-5-10(21-11)13(18)16-8-1-3-9(4-2-8)20-7-12(15)17-19/h1-6,19H,7H2,(H2,15,17)(H,16,18). The van der Waals surface area contributed by atoms with Gasteiger partial charge in [0.05, 0.1) is 0 Å². The highest BCUT2D eigenvalue weighted by molar-refractivity contribution is 6.29. The Balaban J connectivity index is 1.94. The third kappa shape index (κ3) is 4.15. The van der Waals surface area contributed by atoms with E-state index in [0.717, 1.165) is 0 Å². The van der Waals surface area contributed by atoms with Crippen LogP contribution in [0.2, 0.25) is 5.22 Å². The summed E-state index contributed by atoms with van der Waals surface area (Å²) < 4.78 is 10.2. The van der Waals surface area contributed by atoms with Gasteiger partial charge in [-0.1, -0.05) is 5.16 Å². The highest BCUT2D eigenvalue weighted by atomic mass is 35.5. The van der Waals surface area contributed by atoms with Crippen LogP contribution in [0.15, 0.2) is 46.0 Å². The number of amides is 1. The van der Waals surface area contributed by atoms with E-state index in [1.165, 1.54) is 12.1 Å². The number of hydrogen-bond acceptors (Lipinski definition) is 5. The largest absolute Gasteiger partial charge is 0.486 e. The summed E-state index contributed by atoms with van der Waals surface area (Å²) >= 11 is 5.60. The normalized spacial score (nSPS) is 11.2. The summed E-state index contributed by atoms with van der Waals surface area (Å²) in [6, 6.07) is 9.52. The molecule has 0 atom stereocenters. The van der Waals surface area contributed by atoms with E-state index >= 15 is 0 Å². The number of amidine groups is 1. The lowest BCUT2D eigenvalue weighted by Gasteiger charge is -2.07. The van der Waals surface area contributed by atoms with Crippen molar-refractivity contribution in [1.82, 2.24) is 0 Å². The van der Waals surface area contributed by atoms with E-state index in [1.54, 1.807) is 24.3 Å². The number of furan rings is 1. The third-order valence-electron chi connectivity index (χ3n) is 2.42. The van der Waals surface area contributed by atoms with Gasteiger partial charge in [0.2, 0.25) is 0 Å². The highest BCUT2D eigenvalue weighted by Gasteiger charge is 2.10. The first-order valence-corrected chi connectivity index (χ1v) is 6.22. The fourth-order valence-electron chi connectivity index (χ4n) is 1.45. The fourth-order valence-corrected chi connectivity index (χ4v) is 1.60. The number of hydrogen-bond donors (Lipinski definition) is 3. The molecular formula is C13H12ClN3O4. The zero-order chi connectivity index (χ0) is 15.2.